The summed E-state index contributed by atoms with van der Waals surface area (Å²) in [6.45, 7) is 4.19. The van der Waals surface area contributed by atoms with E-state index in [1.54, 1.807) is 25.4 Å². The second-order valence-corrected chi connectivity index (χ2v) is 10.5. The van der Waals surface area contributed by atoms with Gasteiger partial charge in [-0.25, -0.2) is 24.7 Å². The van der Waals surface area contributed by atoms with Crippen LogP contribution in [0.1, 0.15) is 11.1 Å². The molecule has 1 atom stereocenters. The van der Waals surface area contributed by atoms with E-state index < -0.39 is 12.2 Å². The Morgan fingerprint density at radius 2 is 2.03 bits per heavy atom. The fraction of sp³-hybridized carbons (Fsp3) is 0.222. The molecule has 0 saturated heterocycles. The van der Waals surface area contributed by atoms with Gasteiger partial charge >= 0.3 is 6.09 Å². The van der Waals surface area contributed by atoms with E-state index in [1.165, 1.54) is 17.5 Å². The lowest BCUT2D eigenvalue weighted by Gasteiger charge is -2.30. The van der Waals surface area contributed by atoms with Gasteiger partial charge in [0.05, 0.1) is 48.3 Å². The number of thiazole rings is 1. The number of rotatable bonds is 5. The molecule has 5 aromatic rings. The average molecular weight is 564 g/mol. The van der Waals surface area contributed by atoms with Gasteiger partial charge < -0.3 is 19.3 Å². The van der Waals surface area contributed by atoms with E-state index in [4.69, 9.17) is 30.8 Å². The van der Waals surface area contributed by atoms with Crippen molar-refractivity contribution in [2.75, 3.05) is 25.2 Å². The molecule has 1 unspecified atom stereocenters. The van der Waals surface area contributed by atoms with Crippen LogP contribution in [0.25, 0.3) is 31.8 Å². The van der Waals surface area contributed by atoms with Crippen LogP contribution in [0.2, 0.25) is 5.15 Å². The molecular weight excluding hydrogens is 542 g/mol. The number of benzene rings is 2. The molecule has 1 aliphatic heterocycles. The predicted octanol–water partition coefficient (Wildman–Crippen LogP) is 5.90. The van der Waals surface area contributed by atoms with Gasteiger partial charge in [0.2, 0.25) is 5.88 Å². The van der Waals surface area contributed by atoms with Gasteiger partial charge in [-0.1, -0.05) is 11.6 Å². The van der Waals surface area contributed by atoms with E-state index >= 15 is 0 Å². The average Bonchev–Trinajstić information content (AvgIpc) is 3.37. The normalized spacial score (nSPS) is 14.5. The smallest absolute Gasteiger partial charge is 0.411 e. The van der Waals surface area contributed by atoms with E-state index in [0.29, 0.717) is 23.1 Å². The summed E-state index contributed by atoms with van der Waals surface area (Å²) in [6, 6.07) is 9.03. The van der Waals surface area contributed by atoms with Crippen molar-refractivity contribution in [3.8, 4) is 28.0 Å². The maximum absolute atomic E-state index is 12.0. The Balaban J connectivity index is 1.35. The summed E-state index contributed by atoms with van der Waals surface area (Å²) in [5.41, 5.74) is 5.48. The van der Waals surface area contributed by atoms with Crippen molar-refractivity contribution in [2.24, 2.45) is 0 Å². The van der Waals surface area contributed by atoms with Gasteiger partial charge in [-0.15, -0.1) is 11.3 Å². The number of hydrogen-bond donors (Lipinski definition) is 1. The molecule has 0 aliphatic carbocycles. The van der Waals surface area contributed by atoms with Crippen LogP contribution in [-0.4, -0.2) is 57.5 Å². The maximum atomic E-state index is 12.0. The molecule has 2 aromatic carbocycles. The molecule has 0 radical (unpaired) electrons. The number of halogens is 1. The third-order valence-corrected chi connectivity index (χ3v) is 7.65. The zero-order valence-corrected chi connectivity index (χ0v) is 22.7. The van der Waals surface area contributed by atoms with Crippen molar-refractivity contribution in [1.29, 1.82) is 0 Å². The largest absolute Gasteiger partial charge is 0.484 e. The molecular formula is C27H22ClN5O5S. The summed E-state index contributed by atoms with van der Waals surface area (Å²) in [5.74, 6) is 1.59. The molecule has 39 heavy (non-hydrogen) atoms. The second kappa shape index (κ2) is 9.83. The highest BCUT2D eigenvalue weighted by Gasteiger charge is 2.30. The summed E-state index contributed by atoms with van der Waals surface area (Å²) in [6.07, 6.45) is 1.35. The van der Waals surface area contributed by atoms with Gasteiger partial charge in [0.25, 0.3) is 0 Å². The lowest BCUT2D eigenvalue weighted by Crippen LogP contribution is -2.43. The first-order valence-electron chi connectivity index (χ1n) is 12.0. The van der Waals surface area contributed by atoms with E-state index in [-0.39, 0.29) is 18.3 Å². The van der Waals surface area contributed by atoms with Crippen LogP contribution in [0, 0.1) is 13.8 Å². The SMILES string of the molecule is COc1cnc2c(-c3nc4c(C)cc5c(c4s3)OCC(CN(C(=O)O)c3ccc(Cl)nc3)O5)cc(C)cc2n1. The molecule has 0 spiro atoms. The number of nitrogens with zero attached hydrogens (tertiary/aromatic N) is 5. The molecule has 1 amide bonds. The predicted molar refractivity (Wildman–Crippen MR) is 149 cm³/mol. The molecule has 4 heterocycles. The van der Waals surface area contributed by atoms with Crippen LogP contribution >= 0.6 is 22.9 Å². The van der Waals surface area contributed by atoms with E-state index in [1.807, 2.05) is 32.0 Å². The number of fused-ring (bicyclic) bond motifs is 4. The molecule has 3 aromatic heterocycles. The van der Waals surface area contributed by atoms with Crippen molar-refractivity contribution in [2.45, 2.75) is 20.0 Å². The standard InChI is InChI=1S/C27H22ClN5O5S/c1-13-6-17(23-18(7-13)31-21(36-3)10-30-23)26-32-22-14(2)8-19-24(25(22)39-26)37-12-16(38-19)11-33(27(34)35)15-4-5-20(28)29-9-15/h4-10,16H,11-12H2,1-3H3,(H,34,35). The second-order valence-electron chi connectivity index (χ2n) is 9.09. The number of aryl methyl sites for hydroxylation is 2. The Hall–Kier alpha value is -4.22. The lowest BCUT2D eigenvalue weighted by atomic mass is 10.1. The van der Waals surface area contributed by atoms with Crippen LogP contribution in [0.5, 0.6) is 17.4 Å². The fourth-order valence-electron chi connectivity index (χ4n) is 4.54. The topological polar surface area (TPSA) is 120 Å². The highest BCUT2D eigenvalue weighted by molar-refractivity contribution is 7.22. The number of anilines is 1. The summed E-state index contributed by atoms with van der Waals surface area (Å²) in [5, 5.41) is 10.9. The van der Waals surface area contributed by atoms with Gasteiger partial charge in [-0.2, -0.15) is 0 Å². The molecule has 6 rings (SSSR count). The van der Waals surface area contributed by atoms with Crippen LogP contribution in [0.3, 0.4) is 0 Å². The molecule has 198 valence electrons. The number of methoxy groups -OCH3 is 1. The minimum atomic E-state index is -1.13. The van der Waals surface area contributed by atoms with Crippen molar-refractivity contribution < 1.29 is 24.1 Å². The Labute approximate surface area is 231 Å². The molecule has 0 saturated carbocycles. The summed E-state index contributed by atoms with van der Waals surface area (Å²) >= 11 is 7.35. The van der Waals surface area contributed by atoms with E-state index in [9.17, 15) is 9.90 Å². The number of carboxylic acid groups (broad SMARTS) is 1. The summed E-state index contributed by atoms with van der Waals surface area (Å²) < 4.78 is 18.5. The monoisotopic (exact) mass is 563 g/mol. The first-order chi connectivity index (χ1) is 18.8. The van der Waals surface area contributed by atoms with Crippen molar-refractivity contribution in [1.82, 2.24) is 19.9 Å². The van der Waals surface area contributed by atoms with Gasteiger partial charge in [0.15, 0.2) is 17.6 Å². The number of pyridine rings is 1. The van der Waals surface area contributed by atoms with Gasteiger partial charge in [-0.3, -0.25) is 4.90 Å². The molecule has 1 N–H and O–H groups in total. The first-order valence-corrected chi connectivity index (χ1v) is 13.2. The van der Waals surface area contributed by atoms with Gasteiger partial charge in [0, 0.05) is 5.56 Å². The highest BCUT2D eigenvalue weighted by Crippen LogP contribution is 2.46. The number of ether oxygens (including phenoxy) is 3. The number of amides is 1. The summed E-state index contributed by atoms with van der Waals surface area (Å²) in [7, 11) is 1.56. The molecule has 1 aliphatic rings. The quantitative estimate of drug-likeness (QED) is 0.260. The van der Waals surface area contributed by atoms with Crippen LogP contribution in [0.4, 0.5) is 10.5 Å². The van der Waals surface area contributed by atoms with E-state index in [0.717, 1.165) is 47.8 Å². The Morgan fingerprint density at radius 3 is 2.77 bits per heavy atom. The van der Waals surface area contributed by atoms with Crippen LogP contribution < -0.4 is 19.1 Å². The Kier molecular flexibility index (Phi) is 6.32. The van der Waals surface area contributed by atoms with Crippen molar-refractivity contribution >= 4 is 56.0 Å². The summed E-state index contributed by atoms with van der Waals surface area (Å²) in [4.78, 5) is 31.2. The maximum Gasteiger partial charge on any atom is 0.411 e. The van der Waals surface area contributed by atoms with Crippen LogP contribution in [-0.2, 0) is 0 Å². The van der Waals surface area contributed by atoms with E-state index in [2.05, 4.69) is 15.0 Å². The number of aromatic nitrogens is 4. The van der Waals surface area contributed by atoms with Gasteiger partial charge in [-0.05, 0) is 55.3 Å². The minimum Gasteiger partial charge on any atom is -0.484 e. The fourth-order valence-corrected chi connectivity index (χ4v) is 5.80. The minimum absolute atomic E-state index is 0.0561. The molecule has 0 fully saturated rings. The van der Waals surface area contributed by atoms with Crippen LogP contribution in [0.15, 0.2) is 42.7 Å². The number of carbonyl (C=O) groups is 1. The third-order valence-electron chi connectivity index (χ3n) is 6.33. The number of hydrogen-bond acceptors (Lipinski definition) is 9. The molecule has 12 heteroatoms. The zero-order valence-electron chi connectivity index (χ0n) is 21.1. The highest BCUT2D eigenvalue weighted by atomic mass is 35.5. The van der Waals surface area contributed by atoms with Gasteiger partial charge in [0.1, 0.15) is 21.5 Å². The third kappa shape index (κ3) is 4.64. The van der Waals surface area contributed by atoms with Crippen molar-refractivity contribution in [3.63, 3.8) is 0 Å². The molecule has 0 bridgehead atoms. The molecule has 10 nitrogen and oxygen atoms in total. The Bertz CT molecular complexity index is 1740. The Morgan fingerprint density at radius 1 is 1.18 bits per heavy atom. The zero-order chi connectivity index (χ0) is 27.3. The lowest BCUT2D eigenvalue weighted by molar-refractivity contribution is 0.0961. The first kappa shape index (κ1) is 25.1. The van der Waals surface area contributed by atoms with Crippen molar-refractivity contribution in [3.05, 3.63) is 59.0 Å².